The Bertz CT molecular complexity index is 468. The summed E-state index contributed by atoms with van der Waals surface area (Å²) >= 11 is 0. The minimum Gasteiger partial charge on any atom is -0.481 e. The molecule has 0 bridgehead atoms. The van der Waals surface area contributed by atoms with Gasteiger partial charge in [-0.05, 0) is 30.4 Å². The van der Waals surface area contributed by atoms with Crippen molar-refractivity contribution in [1.82, 2.24) is 0 Å². The number of carboxylic acid groups (broad SMARTS) is 1. The highest BCUT2D eigenvalue weighted by Gasteiger charge is 2.14. The van der Waals surface area contributed by atoms with Gasteiger partial charge in [-0.1, -0.05) is 32.0 Å². The molecule has 0 aliphatic carbocycles. The molecule has 0 saturated heterocycles. The van der Waals surface area contributed by atoms with Crippen LogP contribution in [0.3, 0.4) is 0 Å². The van der Waals surface area contributed by atoms with E-state index in [1.165, 1.54) is 0 Å². The lowest BCUT2D eigenvalue weighted by Crippen LogP contribution is -2.18. The largest absolute Gasteiger partial charge is 0.481 e. The number of hydrogen-bond donors (Lipinski definition) is 2. The zero-order valence-corrected chi connectivity index (χ0v) is 11.7. The van der Waals surface area contributed by atoms with Gasteiger partial charge in [-0.25, -0.2) is 0 Å². The topological polar surface area (TPSA) is 66.4 Å². The first kappa shape index (κ1) is 15.2. The van der Waals surface area contributed by atoms with Gasteiger partial charge in [0.25, 0.3) is 0 Å². The number of carbonyl (C=O) groups is 2. The maximum absolute atomic E-state index is 11.9. The maximum Gasteiger partial charge on any atom is 0.303 e. The van der Waals surface area contributed by atoms with Crippen molar-refractivity contribution in [1.29, 1.82) is 0 Å². The molecule has 1 aromatic carbocycles. The van der Waals surface area contributed by atoms with Gasteiger partial charge in [0.2, 0.25) is 5.91 Å². The molecule has 0 aromatic heterocycles. The highest BCUT2D eigenvalue weighted by atomic mass is 16.4. The molecule has 0 fully saturated rings. The molecule has 0 saturated carbocycles. The minimum atomic E-state index is -0.870. The van der Waals surface area contributed by atoms with Crippen LogP contribution in [-0.2, 0) is 16.0 Å². The third-order valence-electron chi connectivity index (χ3n) is 3.06. The molecular formula is C15H21NO3. The van der Waals surface area contributed by atoms with Crippen molar-refractivity contribution >= 4 is 17.6 Å². The summed E-state index contributed by atoms with van der Waals surface area (Å²) in [6.07, 6.45) is 1.09. The molecule has 104 valence electrons. The zero-order valence-electron chi connectivity index (χ0n) is 11.7. The van der Waals surface area contributed by atoms with E-state index >= 15 is 0 Å². The summed E-state index contributed by atoms with van der Waals surface area (Å²) in [5, 5.41) is 11.6. The number of carbonyl (C=O) groups excluding carboxylic acids is 1. The number of benzene rings is 1. The first-order valence-corrected chi connectivity index (χ1v) is 6.54. The number of rotatable bonds is 6. The van der Waals surface area contributed by atoms with E-state index in [-0.39, 0.29) is 24.7 Å². The molecule has 2 N–H and O–H groups in total. The highest BCUT2D eigenvalue weighted by Crippen LogP contribution is 2.22. The monoisotopic (exact) mass is 263 g/mol. The average Bonchev–Trinajstić information content (AvgIpc) is 2.30. The lowest BCUT2D eigenvalue weighted by molar-refractivity contribution is -0.138. The molecule has 19 heavy (non-hydrogen) atoms. The number of carboxylic acids is 1. The molecular weight excluding hydrogens is 242 g/mol. The molecule has 1 amide bonds. The Hall–Kier alpha value is -1.84. The van der Waals surface area contributed by atoms with Crippen molar-refractivity contribution in [2.45, 2.75) is 40.0 Å². The van der Waals surface area contributed by atoms with Gasteiger partial charge in [-0.2, -0.15) is 0 Å². The number of aliphatic carboxylic acids is 1. The number of para-hydroxylation sites is 1. The van der Waals surface area contributed by atoms with Crippen LogP contribution < -0.4 is 5.32 Å². The van der Waals surface area contributed by atoms with Crippen molar-refractivity contribution < 1.29 is 14.7 Å². The quantitative estimate of drug-likeness (QED) is 0.829. The minimum absolute atomic E-state index is 0.0157. The Morgan fingerprint density at radius 1 is 1.32 bits per heavy atom. The van der Waals surface area contributed by atoms with Crippen LogP contribution in [0, 0.1) is 12.8 Å². The average molecular weight is 263 g/mol. The lowest BCUT2D eigenvalue weighted by atomic mass is 10.0. The lowest BCUT2D eigenvalue weighted by Gasteiger charge is -2.14. The Balaban J connectivity index is 2.69. The molecule has 0 spiro atoms. The van der Waals surface area contributed by atoms with Crippen molar-refractivity contribution in [2.24, 2.45) is 5.92 Å². The molecule has 1 aromatic rings. The molecule has 1 rings (SSSR count). The van der Waals surface area contributed by atoms with Gasteiger partial charge in [0.1, 0.15) is 0 Å². The normalized spacial score (nSPS) is 11.9. The van der Waals surface area contributed by atoms with E-state index in [4.69, 9.17) is 5.11 Å². The summed E-state index contributed by atoms with van der Waals surface area (Å²) < 4.78 is 0. The molecule has 0 aliphatic rings. The van der Waals surface area contributed by atoms with E-state index < -0.39 is 5.97 Å². The summed E-state index contributed by atoms with van der Waals surface area (Å²) in [6.45, 7) is 5.76. The fraction of sp³-hybridized carbons (Fsp3) is 0.467. The van der Waals surface area contributed by atoms with Crippen molar-refractivity contribution in [3.8, 4) is 0 Å². The van der Waals surface area contributed by atoms with Gasteiger partial charge in [0, 0.05) is 18.5 Å². The smallest absolute Gasteiger partial charge is 0.303 e. The van der Waals surface area contributed by atoms with Crippen LogP contribution in [0.4, 0.5) is 5.69 Å². The number of nitrogens with one attached hydrogen (secondary N) is 1. The zero-order chi connectivity index (χ0) is 14.4. The molecule has 1 unspecified atom stereocenters. The van der Waals surface area contributed by atoms with E-state index in [9.17, 15) is 9.59 Å². The summed E-state index contributed by atoms with van der Waals surface area (Å²) in [7, 11) is 0. The SMILES string of the molecule is CCc1cccc(C)c1NC(=O)CC(C)CC(=O)O. The summed E-state index contributed by atoms with van der Waals surface area (Å²) in [5.41, 5.74) is 2.98. The van der Waals surface area contributed by atoms with Crippen LogP contribution in [0.2, 0.25) is 0 Å². The van der Waals surface area contributed by atoms with E-state index in [1.807, 2.05) is 32.0 Å². The Labute approximate surface area is 113 Å². The number of amides is 1. The fourth-order valence-corrected chi connectivity index (χ4v) is 2.08. The molecule has 1 atom stereocenters. The summed E-state index contributed by atoms with van der Waals surface area (Å²) in [6, 6.07) is 5.91. The summed E-state index contributed by atoms with van der Waals surface area (Å²) in [5.74, 6) is -1.16. The molecule has 0 aliphatic heterocycles. The van der Waals surface area contributed by atoms with Gasteiger partial charge in [-0.3, -0.25) is 9.59 Å². The Morgan fingerprint density at radius 2 is 2.00 bits per heavy atom. The van der Waals surface area contributed by atoms with E-state index in [0.717, 1.165) is 23.2 Å². The van der Waals surface area contributed by atoms with Gasteiger partial charge < -0.3 is 10.4 Å². The van der Waals surface area contributed by atoms with Crippen molar-refractivity contribution in [3.05, 3.63) is 29.3 Å². The number of aryl methyl sites for hydroxylation is 2. The predicted molar refractivity (Wildman–Crippen MR) is 75.2 cm³/mol. The van der Waals surface area contributed by atoms with Crippen LogP contribution in [0.5, 0.6) is 0 Å². The fourth-order valence-electron chi connectivity index (χ4n) is 2.08. The van der Waals surface area contributed by atoms with E-state index in [0.29, 0.717) is 0 Å². The third-order valence-corrected chi connectivity index (χ3v) is 3.06. The van der Waals surface area contributed by atoms with Gasteiger partial charge in [0.15, 0.2) is 0 Å². The van der Waals surface area contributed by atoms with Crippen LogP contribution in [-0.4, -0.2) is 17.0 Å². The molecule has 0 radical (unpaired) electrons. The first-order chi connectivity index (χ1) is 8.93. The first-order valence-electron chi connectivity index (χ1n) is 6.54. The highest BCUT2D eigenvalue weighted by molar-refractivity contribution is 5.92. The maximum atomic E-state index is 11.9. The second-order valence-corrected chi connectivity index (χ2v) is 4.92. The Morgan fingerprint density at radius 3 is 2.58 bits per heavy atom. The van der Waals surface area contributed by atoms with Crippen LogP contribution in [0.25, 0.3) is 0 Å². The molecule has 4 nitrogen and oxygen atoms in total. The van der Waals surface area contributed by atoms with E-state index in [1.54, 1.807) is 6.92 Å². The summed E-state index contributed by atoms with van der Waals surface area (Å²) in [4.78, 5) is 22.5. The van der Waals surface area contributed by atoms with Crippen LogP contribution in [0.1, 0.15) is 37.8 Å². The van der Waals surface area contributed by atoms with Crippen molar-refractivity contribution in [3.63, 3.8) is 0 Å². The van der Waals surface area contributed by atoms with Crippen LogP contribution >= 0.6 is 0 Å². The van der Waals surface area contributed by atoms with Crippen LogP contribution in [0.15, 0.2) is 18.2 Å². The molecule has 4 heteroatoms. The van der Waals surface area contributed by atoms with Crippen molar-refractivity contribution in [2.75, 3.05) is 5.32 Å². The second-order valence-electron chi connectivity index (χ2n) is 4.92. The standard InChI is InChI=1S/C15H21NO3/c1-4-12-7-5-6-11(3)15(12)16-13(17)8-10(2)9-14(18)19/h5-7,10H,4,8-9H2,1-3H3,(H,16,17)(H,18,19). The van der Waals surface area contributed by atoms with Gasteiger partial charge >= 0.3 is 5.97 Å². The van der Waals surface area contributed by atoms with Gasteiger partial charge in [-0.15, -0.1) is 0 Å². The Kier molecular flexibility index (Phi) is 5.55. The van der Waals surface area contributed by atoms with E-state index in [2.05, 4.69) is 5.32 Å². The van der Waals surface area contributed by atoms with Gasteiger partial charge in [0.05, 0.1) is 0 Å². The third kappa shape index (κ3) is 4.73. The number of hydrogen-bond acceptors (Lipinski definition) is 2. The predicted octanol–water partition coefficient (Wildman–Crippen LogP) is 3.00. The molecule has 0 heterocycles. The second kappa shape index (κ2) is 6.92. The number of anilines is 1.